The van der Waals surface area contributed by atoms with Gasteiger partial charge < -0.3 is 10.4 Å². The third-order valence-corrected chi connectivity index (χ3v) is 2.94. The van der Waals surface area contributed by atoms with E-state index in [0.29, 0.717) is 12.8 Å². The molecule has 0 bridgehead atoms. The van der Waals surface area contributed by atoms with E-state index in [1.165, 1.54) is 5.38 Å². The monoisotopic (exact) mass is 252 g/mol. The number of carbonyl (C=O) groups is 2. The number of carboxylic acids is 1. The normalized spacial score (nSPS) is 11.5. The zero-order chi connectivity index (χ0) is 12.8. The highest BCUT2D eigenvalue weighted by Gasteiger charge is 2.16. The average molecular weight is 252 g/mol. The van der Waals surface area contributed by atoms with E-state index >= 15 is 0 Å². The molecule has 0 saturated heterocycles. The van der Waals surface area contributed by atoms with Gasteiger partial charge in [-0.15, -0.1) is 23.7 Å². The van der Waals surface area contributed by atoms with Crippen LogP contribution in [0.4, 0.5) is 0 Å². The summed E-state index contributed by atoms with van der Waals surface area (Å²) in [5, 5.41) is 12.7. The van der Waals surface area contributed by atoms with Crippen molar-refractivity contribution >= 4 is 23.2 Å². The van der Waals surface area contributed by atoms with E-state index in [4.69, 9.17) is 11.5 Å². The predicted molar refractivity (Wildman–Crippen MR) is 64.1 cm³/mol. The second-order valence-corrected chi connectivity index (χ2v) is 4.19. The fourth-order valence-corrected chi connectivity index (χ4v) is 1.81. The number of aromatic carboxylic acids is 1. The molecule has 0 aliphatic rings. The van der Waals surface area contributed by atoms with Crippen molar-refractivity contribution in [2.45, 2.75) is 25.8 Å². The van der Waals surface area contributed by atoms with Gasteiger partial charge in [-0.3, -0.25) is 4.79 Å². The maximum atomic E-state index is 11.7. The molecule has 1 amide bonds. The number of carboxylic acid groups (broad SMARTS) is 1. The number of hydrogen-bond acceptors (Lipinski definition) is 4. The number of nitrogens with zero attached hydrogens (tertiary/aromatic N) is 1. The molecule has 17 heavy (non-hydrogen) atoms. The van der Waals surface area contributed by atoms with Crippen LogP contribution >= 0.6 is 11.3 Å². The Morgan fingerprint density at radius 1 is 1.71 bits per heavy atom. The van der Waals surface area contributed by atoms with Gasteiger partial charge >= 0.3 is 5.97 Å². The lowest BCUT2D eigenvalue weighted by molar-refractivity contribution is 0.0696. The summed E-state index contributed by atoms with van der Waals surface area (Å²) in [5.74, 6) is 0.945. The Morgan fingerprint density at radius 2 is 2.41 bits per heavy atom. The molecule has 1 aromatic rings. The molecular weight excluding hydrogens is 240 g/mol. The van der Waals surface area contributed by atoms with Crippen LogP contribution in [0.25, 0.3) is 0 Å². The number of amides is 1. The van der Waals surface area contributed by atoms with Crippen LogP contribution in [0.2, 0.25) is 0 Å². The summed E-state index contributed by atoms with van der Waals surface area (Å²) >= 11 is 0.922. The van der Waals surface area contributed by atoms with Gasteiger partial charge in [0.05, 0.1) is 0 Å². The van der Waals surface area contributed by atoms with Crippen molar-refractivity contribution in [3.63, 3.8) is 0 Å². The molecule has 2 N–H and O–H groups in total. The maximum Gasteiger partial charge on any atom is 0.365 e. The van der Waals surface area contributed by atoms with E-state index in [-0.39, 0.29) is 16.7 Å². The first-order chi connectivity index (χ1) is 8.08. The molecule has 0 aliphatic heterocycles. The van der Waals surface area contributed by atoms with E-state index in [9.17, 15) is 9.59 Å². The van der Waals surface area contributed by atoms with Crippen molar-refractivity contribution in [3.05, 3.63) is 16.1 Å². The van der Waals surface area contributed by atoms with Crippen LogP contribution in [0, 0.1) is 12.3 Å². The molecule has 90 valence electrons. The van der Waals surface area contributed by atoms with Gasteiger partial charge in [0.25, 0.3) is 5.91 Å². The van der Waals surface area contributed by atoms with Gasteiger partial charge in [0.2, 0.25) is 5.01 Å². The van der Waals surface area contributed by atoms with Gasteiger partial charge in [0, 0.05) is 17.8 Å². The number of rotatable bonds is 5. The highest BCUT2D eigenvalue weighted by Crippen LogP contribution is 2.10. The zero-order valence-corrected chi connectivity index (χ0v) is 10.1. The molecule has 0 spiro atoms. The van der Waals surface area contributed by atoms with Crippen molar-refractivity contribution in [1.82, 2.24) is 10.3 Å². The van der Waals surface area contributed by atoms with Crippen molar-refractivity contribution in [2.24, 2.45) is 0 Å². The Labute approximate surface area is 103 Å². The average Bonchev–Trinajstić information content (AvgIpc) is 2.77. The van der Waals surface area contributed by atoms with Crippen molar-refractivity contribution in [2.75, 3.05) is 0 Å². The standard InChI is InChI=1S/C11H12N2O3S/c1-3-5-7(4-2)12-9(14)8-6-17-10(13-8)11(15)16/h1,6-7H,4-5H2,2H3,(H,12,14)(H,15,16). The molecule has 1 rings (SSSR count). The van der Waals surface area contributed by atoms with Gasteiger partial charge in [0.15, 0.2) is 0 Å². The van der Waals surface area contributed by atoms with E-state index in [1.807, 2.05) is 6.92 Å². The smallest absolute Gasteiger partial charge is 0.365 e. The van der Waals surface area contributed by atoms with Gasteiger partial charge in [0.1, 0.15) is 5.69 Å². The highest BCUT2D eigenvalue weighted by molar-refractivity contribution is 7.11. The zero-order valence-electron chi connectivity index (χ0n) is 9.27. The van der Waals surface area contributed by atoms with Crippen LogP contribution < -0.4 is 5.32 Å². The third-order valence-electron chi connectivity index (χ3n) is 2.11. The fourth-order valence-electron chi connectivity index (χ4n) is 1.18. The Kier molecular flexibility index (Phi) is 4.67. The summed E-state index contributed by atoms with van der Waals surface area (Å²) in [6.45, 7) is 1.91. The second-order valence-electron chi connectivity index (χ2n) is 3.33. The van der Waals surface area contributed by atoms with E-state index in [1.54, 1.807) is 0 Å². The van der Waals surface area contributed by atoms with Crippen molar-refractivity contribution < 1.29 is 14.7 Å². The van der Waals surface area contributed by atoms with Gasteiger partial charge in [-0.2, -0.15) is 0 Å². The number of aromatic nitrogens is 1. The van der Waals surface area contributed by atoms with Crippen LogP contribution in [0.3, 0.4) is 0 Å². The minimum Gasteiger partial charge on any atom is -0.476 e. The quantitative estimate of drug-likeness (QED) is 0.776. The third kappa shape index (κ3) is 3.57. The first-order valence-corrected chi connectivity index (χ1v) is 5.89. The van der Waals surface area contributed by atoms with Crippen LogP contribution in [0.15, 0.2) is 5.38 Å². The summed E-state index contributed by atoms with van der Waals surface area (Å²) in [6.07, 6.45) is 6.33. The lowest BCUT2D eigenvalue weighted by Gasteiger charge is -2.12. The van der Waals surface area contributed by atoms with Crippen LogP contribution in [0.1, 0.15) is 40.1 Å². The van der Waals surface area contributed by atoms with Gasteiger partial charge in [-0.25, -0.2) is 9.78 Å². The molecule has 0 radical (unpaired) electrons. The SMILES string of the molecule is C#CCC(CC)NC(=O)c1csc(C(=O)O)n1. The lowest BCUT2D eigenvalue weighted by atomic mass is 10.1. The molecular formula is C11H12N2O3S. The molecule has 1 aromatic heterocycles. The van der Waals surface area contributed by atoms with Gasteiger partial charge in [-0.1, -0.05) is 6.92 Å². The number of hydrogen-bond donors (Lipinski definition) is 2. The second kappa shape index (κ2) is 6.01. The van der Waals surface area contributed by atoms with Crippen molar-refractivity contribution in [3.8, 4) is 12.3 Å². The summed E-state index contributed by atoms with van der Waals surface area (Å²) in [4.78, 5) is 26.0. The minimum atomic E-state index is -1.13. The van der Waals surface area contributed by atoms with E-state index in [0.717, 1.165) is 11.3 Å². The molecule has 1 heterocycles. The number of nitrogens with one attached hydrogen (secondary N) is 1. The molecule has 0 aromatic carbocycles. The number of carbonyl (C=O) groups excluding carboxylic acids is 1. The number of terminal acetylenes is 1. The lowest BCUT2D eigenvalue weighted by Crippen LogP contribution is -2.34. The van der Waals surface area contributed by atoms with Crippen LogP contribution in [0.5, 0.6) is 0 Å². The van der Waals surface area contributed by atoms with Gasteiger partial charge in [-0.05, 0) is 6.42 Å². The van der Waals surface area contributed by atoms with Crippen molar-refractivity contribution in [1.29, 1.82) is 0 Å². The highest BCUT2D eigenvalue weighted by atomic mass is 32.1. The largest absolute Gasteiger partial charge is 0.476 e. The fraction of sp³-hybridized carbons (Fsp3) is 0.364. The first kappa shape index (κ1) is 13.2. The van der Waals surface area contributed by atoms with Crippen LogP contribution in [-0.2, 0) is 0 Å². The Bertz CT molecular complexity index is 462. The summed E-state index contributed by atoms with van der Waals surface area (Å²) < 4.78 is 0. The molecule has 1 atom stereocenters. The van der Waals surface area contributed by atoms with Crippen LogP contribution in [-0.4, -0.2) is 28.0 Å². The molecule has 6 heteroatoms. The first-order valence-electron chi connectivity index (χ1n) is 5.01. The summed E-state index contributed by atoms with van der Waals surface area (Å²) in [5.41, 5.74) is 0.114. The summed E-state index contributed by atoms with van der Waals surface area (Å²) in [6, 6.07) is -0.109. The topological polar surface area (TPSA) is 79.3 Å². The summed E-state index contributed by atoms with van der Waals surface area (Å²) in [7, 11) is 0. The molecule has 5 nitrogen and oxygen atoms in total. The molecule has 0 aliphatic carbocycles. The molecule has 0 saturated carbocycles. The van der Waals surface area contributed by atoms with E-state index in [2.05, 4.69) is 16.2 Å². The van der Waals surface area contributed by atoms with E-state index < -0.39 is 11.9 Å². The molecule has 0 fully saturated rings. The Morgan fingerprint density at radius 3 is 2.88 bits per heavy atom. The number of thiazole rings is 1. The molecule has 1 unspecified atom stereocenters. The Hall–Kier alpha value is -1.87. The maximum absolute atomic E-state index is 11.7. The predicted octanol–water partition coefficient (Wildman–Crippen LogP) is 1.37. The Balaban J connectivity index is 2.69. The minimum absolute atomic E-state index is 0.0971.